The molecule has 17 heavy (non-hydrogen) atoms. The van der Waals surface area contributed by atoms with Crippen LogP contribution >= 0.6 is 0 Å². The van der Waals surface area contributed by atoms with Crippen LogP contribution in [0.25, 0.3) is 0 Å². The molecule has 1 fully saturated rings. The van der Waals surface area contributed by atoms with E-state index >= 15 is 0 Å². The lowest BCUT2D eigenvalue weighted by atomic mass is 10.1. The van der Waals surface area contributed by atoms with Gasteiger partial charge in [0.25, 0.3) is 0 Å². The molecule has 0 atom stereocenters. The van der Waals surface area contributed by atoms with Crippen LogP contribution in [0.5, 0.6) is 0 Å². The molecule has 0 aromatic carbocycles. The molecule has 0 aliphatic carbocycles. The summed E-state index contributed by atoms with van der Waals surface area (Å²) in [5.41, 5.74) is 1.29. The standard InChI is InChI=1S/C13H23N3O/c1-11(2)13-9-15-10-16(13)7-8-17-12-3-5-14-6-4-12/h9-12,14H,3-8H2,1-2H3. The average molecular weight is 237 g/mol. The van der Waals surface area contributed by atoms with Crippen molar-refractivity contribution >= 4 is 0 Å². The number of rotatable bonds is 5. The van der Waals surface area contributed by atoms with Gasteiger partial charge >= 0.3 is 0 Å². The van der Waals surface area contributed by atoms with Crippen LogP contribution in [-0.4, -0.2) is 35.4 Å². The highest BCUT2D eigenvalue weighted by molar-refractivity contribution is 5.03. The highest BCUT2D eigenvalue weighted by atomic mass is 16.5. The number of ether oxygens (including phenoxy) is 1. The van der Waals surface area contributed by atoms with Crippen LogP contribution < -0.4 is 5.32 Å². The van der Waals surface area contributed by atoms with Gasteiger partial charge in [0, 0.05) is 18.4 Å². The van der Waals surface area contributed by atoms with Crippen molar-refractivity contribution in [3.05, 3.63) is 18.2 Å². The van der Waals surface area contributed by atoms with E-state index in [0.717, 1.165) is 39.1 Å². The second-order valence-corrected chi connectivity index (χ2v) is 4.99. The SMILES string of the molecule is CC(C)c1cncn1CCOC1CCNCC1. The van der Waals surface area contributed by atoms with Crippen LogP contribution in [0.1, 0.15) is 38.3 Å². The van der Waals surface area contributed by atoms with Crippen LogP contribution in [-0.2, 0) is 11.3 Å². The fourth-order valence-corrected chi connectivity index (χ4v) is 2.28. The lowest BCUT2D eigenvalue weighted by Gasteiger charge is -2.23. The molecule has 2 heterocycles. The van der Waals surface area contributed by atoms with E-state index in [2.05, 4.69) is 28.7 Å². The number of imidazole rings is 1. The minimum absolute atomic E-state index is 0.447. The zero-order valence-corrected chi connectivity index (χ0v) is 10.9. The van der Waals surface area contributed by atoms with Crippen LogP contribution in [0.15, 0.2) is 12.5 Å². The third-order valence-corrected chi connectivity index (χ3v) is 3.31. The molecule has 0 radical (unpaired) electrons. The van der Waals surface area contributed by atoms with Crippen LogP contribution in [0.4, 0.5) is 0 Å². The van der Waals surface area contributed by atoms with Gasteiger partial charge in [-0.2, -0.15) is 0 Å². The van der Waals surface area contributed by atoms with Crippen molar-refractivity contribution in [3.63, 3.8) is 0 Å². The van der Waals surface area contributed by atoms with Crippen molar-refractivity contribution in [1.82, 2.24) is 14.9 Å². The summed E-state index contributed by atoms with van der Waals surface area (Å²) < 4.78 is 8.10. The summed E-state index contributed by atoms with van der Waals surface area (Å²) in [6.07, 6.45) is 6.58. The molecule has 1 aliphatic heterocycles. The largest absolute Gasteiger partial charge is 0.376 e. The normalized spacial score (nSPS) is 17.8. The second-order valence-electron chi connectivity index (χ2n) is 4.99. The summed E-state index contributed by atoms with van der Waals surface area (Å²) in [4.78, 5) is 4.21. The summed E-state index contributed by atoms with van der Waals surface area (Å²) in [6.45, 7) is 8.28. The Hall–Kier alpha value is -0.870. The highest BCUT2D eigenvalue weighted by Gasteiger charge is 2.13. The molecule has 0 spiro atoms. The maximum Gasteiger partial charge on any atom is 0.0949 e. The zero-order valence-electron chi connectivity index (χ0n) is 10.9. The summed E-state index contributed by atoms with van der Waals surface area (Å²) in [6, 6.07) is 0. The van der Waals surface area contributed by atoms with E-state index in [1.807, 2.05) is 12.5 Å². The molecule has 1 aliphatic rings. The van der Waals surface area contributed by atoms with E-state index in [1.54, 1.807) is 0 Å². The third-order valence-electron chi connectivity index (χ3n) is 3.31. The summed E-state index contributed by atoms with van der Waals surface area (Å²) in [7, 11) is 0. The Morgan fingerprint density at radius 2 is 2.24 bits per heavy atom. The summed E-state index contributed by atoms with van der Waals surface area (Å²) in [5.74, 6) is 0.524. The number of piperidine rings is 1. The number of nitrogens with one attached hydrogen (secondary N) is 1. The molecule has 0 saturated carbocycles. The average Bonchev–Trinajstić information content (AvgIpc) is 2.79. The van der Waals surface area contributed by atoms with Crippen LogP contribution in [0.3, 0.4) is 0 Å². The predicted molar refractivity (Wildman–Crippen MR) is 68.2 cm³/mol. The Kier molecular flexibility index (Phi) is 4.57. The van der Waals surface area contributed by atoms with Crippen molar-refractivity contribution in [2.24, 2.45) is 0 Å². The first-order valence-corrected chi connectivity index (χ1v) is 6.59. The Labute approximate surface area is 103 Å². The van der Waals surface area contributed by atoms with Gasteiger partial charge in [0.2, 0.25) is 0 Å². The van der Waals surface area contributed by atoms with Gasteiger partial charge in [-0.3, -0.25) is 0 Å². The minimum Gasteiger partial charge on any atom is -0.376 e. The predicted octanol–water partition coefficient (Wildman–Crippen LogP) is 1.78. The Morgan fingerprint density at radius 3 is 2.94 bits per heavy atom. The molecule has 0 bridgehead atoms. The number of hydrogen-bond donors (Lipinski definition) is 1. The molecule has 1 N–H and O–H groups in total. The summed E-state index contributed by atoms with van der Waals surface area (Å²) in [5, 5.41) is 3.35. The number of aromatic nitrogens is 2. The van der Waals surface area contributed by atoms with Crippen LogP contribution in [0, 0.1) is 0 Å². The zero-order chi connectivity index (χ0) is 12.1. The quantitative estimate of drug-likeness (QED) is 0.848. The van der Waals surface area contributed by atoms with E-state index in [9.17, 15) is 0 Å². The van der Waals surface area contributed by atoms with Gasteiger partial charge in [0.05, 0.1) is 19.0 Å². The van der Waals surface area contributed by atoms with Crippen molar-refractivity contribution in [1.29, 1.82) is 0 Å². The van der Waals surface area contributed by atoms with Crippen molar-refractivity contribution in [2.45, 2.75) is 45.3 Å². The van der Waals surface area contributed by atoms with Gasteiger partial charge in [-0.1, -0.05) is 13.8 Å². The lowest BCUT2D eigenvalue weighted by Crippen LogP contribution is -2.33. The van der Waals surface area contributed by atoms with E-state index in [0.29, 0.717) is 12.0 Å². The number of hydrogen-bond acceptors (Lipinski definition) is 3. The molecule has 0 unspecified atom stereocenters. The van der Waals surface area contributed by atoms with E-state index in [-0.39, 0.29) is 0 Å². The first kappa shape index (κ1) is 12.6. The smallest absolute Gasteiger partial charge is 0.0949 e. The van der Waals surface area contributed by atoms with Gasteiger partial charge in [-0.05, 0) is 31.8 Å². The Bertz CT molecular complexity index is 329. The first-order chi connectivity index (χ1) is 8.27. The van der Waals surface area contributed by atoms with Gasteiger partial charge in [-0.25, -0.2) is 4.98 Å². The molecule has 4 heteroatoms. The molecular weight excluding hydrogens is 214 g/mol. The van der Waals surface area contributed by atoms with Gasteiger partial charge in [0.1, 0.15) is 0 Å². The van der Waals surface area contributed by atoms with Gasteiger partial charge in [-0.15, -0.1) is 0 Å². The second kappa shape index (κ2) is 6.17. The Balaban J connectivity index is 1.75. The lowest BCUT2D eigenvalue weighted by molar-refractivity contribution is 0.0281. The van der Waals surface area contributed by atoms with Crippen LogP contribution in [0.2, 0.25) is 0 Å². The van der Waals surface area contributed by atoms with Gasteiger partial charge < -0.3 is 14.6 Å². The van der Waals surface area contributed by atoms with Crippen molar-refractivity contribution in [3.8, 4) is 0 Å². The van der Waals surface area contributed by atoms with Gasteiger partial charge in [0.15, 0.2) is 0 Å². The summed E-state index contributed by atoms with van der Waals surface area (Å²) >= 11 is 0. The van der Waals surface area contributed by atoms with E-state index in [4.69, 9.17) is 4.74 Å². The molecule has 1 saturated heterocycles. The maximum atomic E-state index is 5.90. The molecule has 2 rings (SSSR count). The third kappa shape index (κ3) is 3.54. The molecule has 96 valence electrons. The molecule has 0 amide bonds. The highest BCUT2D eigenvalue weighted by Crippen LogP contribution is 2.13. The maximum absolute atomic E-state index is 5.90. The number of nitrogens with zero attached hydrogens (tertiary/aromatic N) is 2. The molecule has 1 aromatic rings. The topological polar surface area (TPSA) is 39.1 Å². The first-order valence-electron chi connectivity index (χ1n) is 6.59. The Morgan fingerprint density at radius 1 is 1.47 bits per heavy atom. The fraction of sp³-hybridized carbons (Fsp3) is 0.769. The monoisotopic (exact) mass is 237 g/mol. The molecular formula is C13H23N3O. The van der Waals surface area contributed by atoms with E-state index in [1.165, 1.54) is 5.69 Å². The van der Waals surface area contributed by atoms with Crippen molar-refractivity contribution in [2.75, 3.05) is 19.7 Å². The molecule has 1 aromatic heterocycles. The molecule has 4 nitrogen and oxygen atoms in total. The minimum atomic E-state index is 0.447. The van der Waals surface area contributed by atoms with E-state index < -0.39 is 0 Å². The van der Waals surface area contributed by atoms with Crippen molar-refractivity contribution < 1.29 is 4.74 Å². The fourth-order valence-electron chi connectivity index (χ4n) is 2.28.